The Bertz CT molecular complexity index is 1240. The number of rotatable bonds is 5. The maximum absolute atomic E-state index is 9.49. The predicted octanol–water partition coefficient (Wildman–Crippen LogP) is 4.18. The van der Waals surface area contributed by atoms with E-state index in [1.807, 2.05) is 50.2 Å². The maximum Gasteiger partial charge on any atom is 0.247 e. The SMILES string of the molecule is CC(C)=NOc1ccc(-c2nccc3nc(Nc4ccccc4)nn23)cc1C#N. The van der Waals surface area contributed by atoms with Crippen LogP contribution >= 0.6 is 0 Å². The molecule has 0 fully saturated rings. The van der Waals surface area contributed by atoms with Crippen molar-refractivity contribution in [1.82, 2.24) is 19.6 Å². The van der Waals surface area contributed by atoms with Crippen molar-refractivity contribution in [3.05, 3.63) is 66.4 Å². The molecule has 0 radical (unpaired) electrons. The summed E-state index contributed by atoms with van der Waals surface area (Å²) in [5.74, 6) is 1.41. The molecule has 0 aliphatic carbocycles. The van der Waals surface area contributed by atoms with Crippen LogP contribution < -0.4 is 10.2 Å². The van der Waals surface area contributed by atoms with Crippen LogP contribution in [0.25, 0.3) is 17.0 Å². The highest BCUT2D eigenvalue weighted by Gasteiger charge is 2.13. The largest absolute Gasteiger partial charge is 0.356 e. The van der Waals surface area contributed by atoms with E-state index in [0.717, 1.165) is 11.4 Å². The molecule has 142 valence electrons. The van der Waals surface area contributed by atoms with Gasteiger partial charge in [-0.15, -0.1) is 5.10 Å². The summed E-state index contributed by atoms with van der Waals surface area (Å²) in [5.41, 5.74) is 3.35. The van der Waals surface area contributed by atoms with Gasteiger partial charge in [0.15, 0.2) is 17.2 Å². The monoisotopic (exact) mass is 383 g/mol. The van der Waals surface area contributed by atoms with Crippen LogP contribution in [0.5, 0.6) is 5.75 Å². The van der Waals surface area contributed by atoms with Gasteiger partial charge in [-0.2, -0.15) is 14.8 Å². The molecule has 0 saturated carbocycles. The Morgan fingerprint density at radius 1 is 1.14 bits per heavy atom. The highest BCUT2D eigenvalue weighted by atomic mass is 16.6. The van der Waals surface area contributed by atoms with E-state index in [0.29, 0.717) is 34.3 Å². The zero-order valence-electron chi connectivity index (χ0n) is 15.9. The van der Waals surface area contributed by atoms with Crippen molar-refractivity contribution in [2.75, 3.05) is 5.32 Å². The van der Waals surface area contributed by atoms with Crippen molar-refractivity contribution < 1.29 is 4.84 Å². The number of aromatic nitrogens is 4. The average molecular weight is 383 g/mol. The highest BCUT2D eigenvalue weighted by Crippen LogP contribution is 2.26. The molecule has 0 aliphatic rings. The Morgan fingerprint density at radius 2 is 1.97 bits per heavy atom. The van der Waals surface area contributed by atoms with E-state index < -0.39 is 0 Å². The van der Waals surface area contributed by atoms with Crippen LogP contribution in [0.2, 0.25) is 0 Å². The summed E-state index contributed by atoms with van der Waals surface area (Å²) < 4.78 is 1.64. The van der Waals surface area contributed by atoms with Crippen molar-refractivity contribution in [3.63, 3.8) is 0 Å². The highest BCUT2D eigenvalue weighted by molar-refractivity contribution is 5.78. The Morgan fingerprint density at radius 3 is 2.72 bits per heavy atom. The van der Waals surface area contributed by atoms with Crippen molar-refractivity contribution in [2.24, 2.45) is 5.16 Å². The third-order valence-corrected chi connectivity index (χ3v) is 3.97. The molecule has 2 aromatic carbocycles. The summed E-state index contributed by atoms with van der Waals surface area (Å²) in [6, 6.07) is 18.8. The average Bonchev–Trinajstić information content (AvgIpc) is 3.15. The molecule has 2 heterocycles. The minimum absolute atomic E-state index is 0.356. The van der Waals surface area contributed by atoms with E-state index in [4.69, 9.17) is 4.84 Å². The first-order valence-electron chi connectivity index (χ1n) is 8.90. The molecule has 0 spiro atoms. The van der Waals surface area contributed by atoms with Crippen molar-refractivity contribution >= 4 is 23.0 Å². The summed E-state index contributed by atoms with van der Waals surface area (Å²) in [7, 11) is 0. The molecule has 8 heteroatoms. The van der Waals surface area contributed by atoms with E-state index in [1.54, 1.807) is 28.9 Å². The van der Waals surface area contributed by atoms with Crippen LogP contribution in [0.1, 0.15) is 19.4 Å². The molecule has 0 unspecified atom stereocenters. The summed E-state index contributed by atoms with van der Waals surface area (Å²) in [6.45, 7) is 3.63. The van der Waals surface area contributed by atoms with Gasteiger partial charge in [0.05, 0.1) is 11.3 Å². The van der Waals surface area contributed by atoms with Crippen molar-refractivity contribution in [2.45, 2.75) is 13.8 Å². The number of hydrogen-bond acceptors (Lipinski definition) is 7. The summed E-state index contributed by atoms with van der Waals surface area (Å²) in [6.07, 6.45) is 1.66. The van der Waals surface area contributed by atoms with Gasteiger partial charge in [0.1, 0.15) is 6.07 Å². The number of nitrogens with zero attached hydrogens (tertiary/aromatic N) is 6. The summed E-state index contributed by atoms with van der Waals surface area (Å²) in [4.78, 5) is 14.3. The first kappa shape index (κ1) is 18.1. The maximum atomic E-state index is 9.49. The molecule has 1 N–H and O–H groups in total. The molecule has 0 amide bonds. The Kier molecular flexibility index (Phi) is 4.86. The topological polar surface area (TPSA) is 100 Å². The second-order valence-electron chi connectivity index (χ2n) is 6.42. The van der Waals surface area contributed by atoms with Crippen molar-refractivity contribution in [1.29, 1.82) is 5.26 Å². The third-order valence-electron chi connectivity index (χ3n) is 3.97. The number of para-hydroxylation sites is 1. The van der Waals surface area contributed by atoms with Gasteiger partial charge >= 0.3 is 0 Å². The molecule has 0 aliphatic heterocycles. The van der Waals surface area contributed by atoms with E-state index in [-0.39, 0.29) is 0 Å². The fourth-order valence-corrected chi connectivity index (χ4v) is 2.69. The Hall–Kier alpha value is -4.25. The Labute approximate surface area is 167 Å². The van der Waals surface area contributed by atoms with E-state index in [9.17, 15) is 5.26 Å². The van der Waals surface area contributed by atoms with Gasteiger partial charge in [-0.25, -0.2) is 4.98 Å². The van der Waals surface area contributed by atoms with Crippen LogP contribution in [0.4, 0.5) is 11.6 Å². The molecule has 0 bridgehead atoms. The van der Waals surface area contributed by atoms with Gasteiger partial charge in [-0.05, 0) is 44.2 Å². The Balaban J connectivity index is 1.72. The van der Waals surface area contributed by atoms with Gasteiger partial charge in [-0.3, -0.25) is 0 Å². The lowest BCUT2D eigenvalue weighted by Crippen LogP contribution is -1.99. The molecule has 4 aromatic rings. The van der Waals surface area contributed by atoms with Crippen LogP contribution in [0.3, 0.4) is 0 Å². The molecule has 4 rings (SSSR count). The molecular weight excluding hydrogens is 366 g/mol. The van der Waals surface area contributed by atoms with E-state index >= 15 is 0 Å². The minimum atomic E-state index is 0.356. The number of oxime groups is 1. The normalized spacial score (nSPS) is 10.4. The molecule has 29 heavy (non-hydrogen) atoms. The summed E-state index contributed by atoms with van der Waals surface area (Å²) in [5, 5.41) is 21.1. The number of anilines is 2. The van der Waals surface area contributed by atoms with Gasteiger partial charge in [0.2, 0.25) is 5.95 Å². The number of hydrogen-bond donors (Lipinski definition) is 1. The van der Waals surface area contributed by atoms with Crippen LogP contribution in [0.15, 0.2) is 65.9 Å². The molecule has 2 aromatic heterocycles. The summed E-state index contributed by atoms with van der Waals surface area (Å²) >= 11 is 0. The number of nitriles is 1. The first-order chi connectivity index (χ1) is 14.1. The van der Waals surface area contributed by atoms with Crippen LogP contribution in [-0.4, -0.2) is 25.3 Å². The molecule has 0 saturated heterocycles. The fraction of sp³-hybridized carbons (Fsp3) is 0.0952. The van der Waals surface area contributed by atoms with Gasteiger partial charge < -0.3 is 10.2 Å². The van der Waals surface area contributed by atoms with Crippen LogP contribution in [-0.2, 0) is 0 Å². The molecule has 0 atom stereocenters. The zero-order valence-corrected chi connectivity index (χ0v) is 15.9. The smallest absolute Gasteiger partial charge is 0.247 e. The van der Waals surface area contributed by atoms with Gasteiger partial charge in [0.25, 0.3) is 0 Å². The quantitative estimate of drug-likeness (QED) is 0.410. The second-order valence-corrected chi connectivity index (χ2v) is 6.42. The minimum Gasteiger partial charge on any atom is -0.356 e. The van der Waals surface area contributed by atoms with Crippen LogP contribution in [0, 0.1) is 11.3 Å². The molecular formula is C21H17N7O. The standard InChI is InChI=1S/C21H17N7O/c1-14(2)27-29-18-9-8-15(12-16(18)13-22)20-23-11-10-19-25-21(26-28(19)20)24-17-6-4-3-5-7-17/h3-12H,1-2H3,(H,24,26). The lowest BCUT2D eigenvalue weighted by atomic mass is 10.1. The van der Waals surface area contributed by atoms with E-state index in [2.05, 4.69) is 31.6 Å². The van der Waals surface area contributed by atoms with E-state index in [1.165, 1.54) is 0 Å². The van der Waals surface area contributed by atoms with Gasteiger partial charge in [-0.1, -0.05) is 23.4 Å². The number of benzene rings is 2. The predicted molar refractivity (Wildman–Crippen MR) is 110 cm³/mol. The zero-order chi connectivity index (χ0) is 20.2. The number of nitrogens with one attached hydrogen (secondary N) is 1. The lowest BCUT2D eigenvalue weighted by Gasteiger charge is -2.06. The lowest BCUT2D eigenvalue weighted by molar-refractivity contribution is 0.340. The second kappa shape index (κ2) is 7.78. The number of fused-ring (bicyclic) bond motifs is 1. The molecule has 8 nitrogen and oxygen atoms in total. The first-order valence-corrected chi connectivity index (χ1v) is 8.90. The fourth-order valence-electron chi connectivity index (χ4n) is 2.69. The van der Waals surface area contributed by atoms with Crippen molar-refractivity contribution in [3.8, 4) is 23.2 Å². The third kappa shape index (κ3) is 3.89. The van der Waals surface area contributed by atoms with Gasteiger partial charge in [0, 0.05) is 23.5 Å².